The zero-order chi connectivity index (χ0) is 17.0. The third-order valence-corrected chi connectivity index (χ3v) is 5.89. The molecule has 0 aliphatic heterocycles. The molecule has 1 amide bonds. The van der Waals surface area contributed by atoms with Crippen LogP contribution in [0.25, 0.3) is 0 Å². The van der Waals surface area contributed by atoms with Crippen LogP contribution in [0, 0.1) is 0 Å². The van der Waals surface area contributed by atoms with E-state index in [0.29, 0.717) is 13.0 Å². The van der Waals surface area contributed by atoms with Gasteiger partial charge in [0.1, 0.15) is 0 Å². The van der Waals surface area contributed by atoms with Gasteiger partial charge in [0.2, 0.25) is 10.0 Å². The highest BCUT2D eigenvalue weighted by Crippen LogP contribution is 2.22. The maximum Gasteiger partial charge on any atom is 0.252 e. The van der Waals surface area contributed by atoms with E-state index in [4.69, 9.17) is 11.6 Å². The number of amides is 1. The van der Waals surface area contributed by atoms with E-state index in [1.165, 1.54) is 43.6 Å². The normalized spacial score (nSPS) is 11.7. The minimum atomic E-state index is -3.62. The Morgan fingerprint density at radius 1 is 1.39 bits per heavy atom. The molecule has 0 aliphatic carbocycles. The fourth-order valence-electron chi connectivity index (χ4n) is 1.81. The molecule has 6 nitrogen and oxygen atoms in total. The third kappa shape index (κ3) is 4.29. The third-order valence-electron chi connectivity index (χ3n) is 3.11. The van der Waals surface area contributed by atoms with E-state index in [9.17, 15) is 13.2 Å². The molecule has 0 saturated carbocycles. The molecule has 23 heavy (non-hydrogen) atoms. The van der Waals surface area contributed by atoms with Crippen LogP contribution in [-0.2, 0) is 16.4 Å². The lowest BCUT2D eigenvalue weighted by molar-refractivity contribution is 0.0954. The molecular weight excluding hydrogens is 358 g/mol. The fourth-order valence-corrected chi connectivity index (χ4v) is 3.53. The number of carbonyl (C=O) groups is 1. The number of halogens is 1. The van der Waals surface area contributed by atoms with Crippen molar-refractivity contribution in [2.24, 2.45) is 0 Å². The van der Waals surface area contributed by atoms with E-state index in [-0.39, 0.29) is 15.5 Å². The van der Waals surface area contributed by atoms with Gasteiger partial charge in [-0.1, -0.05) is 11.6 Å². The van der Waals surface area contributed by atoms with Crippen molar-refractivity contribution in [1.82, 2.24) is 14.6 Å². The molecule has 1 aromatic carbocycles. The topological polar surface area (TPSA) is 79.4 Å². The highest BCUT2D eigenvalue weighted by atomic mass is 35.5. The number of aromatic nitrogens is 1. The van der Waals surface area contributed by atoms with Gasteiger partial charge in [0.25, 0.3) is 5.91 Å². The van der Waals surface area contributed by atoms with Crippen molar-refractivity contribution >= 4 is 38.9 Å². The molecule has 2 rings (SSSR count). The van der Waals surface area contributed by atoms with Gasteiger partial charge in [-0.3, -0.25) is 4.79 Å². The van der Waals surface area contributed by atoms with Gasteiger partial charge in [-0.15, -0.1) is 11.3 Å². The molecule has 0 saturated heterocycles. The van der Waals surface area contributed by atoms with Crippen LogP contribution in [0.3, 0.4) is 0 Å². The predicted molar refractivity (Wildman–Crippen MR) is 90.5 cm³/mol. The number of nitrogens with zero attached hydrogens (tertiary/aromatic N) is 2. The maximum atomic E-state index is 12.2. The van der Waals surface area contributed by atoms with Crippen LogP contribution in [0.15, 0.2) is 34.0 Å². The van der Waals surface area contributed by atoms with Crippen LogP contribution in [0.5, 0.6) is 0 Å². The van der Waals surface area contributed by atoms with Crippen LogP contribution in [-0.4, -0.2) is 44.3 Å². The highest BCUT2D eigenvalue weighted by molar-refractivity contribution is 7.89. The fraction of sp³-hybridized carbons (Fsp3) is 0.286. The Kier molecular flexibility index (Phi) is 5.74. The van der Waals surface area contributed by atoms with Crippen molar-refractivity contribution in [3.05, 3.63) is 45.4 Å². The van der Waals surface area contributed by atoms with E-state index in [0.717, 1.165) is 10.00 Å². The maximum absolute atomic E-state index is 12.2. The van der Waals surface area contributed by atoms with Crippen LogP contribution in [0.4, 0.5) is 0 Å². The summed E-state index contributed by atoms with van der Waals surface area (Å²) in [6.45, 7) is 0.392. The van der Waals surface area contributed by atoms with Crippen LogP contribution in [0.1, 0.15) is 16.1 Å². The monoisotopic (exact) mass is 373 g/mol. The molecule has 0 fully saturated rings. The number of hydrogen-bond donors (Lipinski definition) is 1. The average molecular weight is 374 g/mol. The summed E-state index contributed by atoms with van der Waals surface area (Å²) in [4.78, 5) is 16.4. The number of carbonyl (C=O) groups excluding carboxylic acids is 1. The van der Waals surface area contributed by atoms with Crippen molar-refractivity contribution in [2.45, 2.75) is 11.3 Å². The highest BCUT2D eigenvalue weighted by Gasteiger charge is 2.20. The van der Waals surface area contributed by atoms with Gasteiger partial charge in [-0.2, -0.15) is 0 Å². The number of nitrogens with one attached hydrogen (secondary N) is 1. The Morgan fingerprint density at radius 2 is 2.13 bits per heavy atom. The zero-order valence-electron chi connectivity index (χ0n) is 12.6. The van der Waals surface area contributed by atoms with E-state index >= 15 is 0 Å². The van der Waals surface area contributed by atoms with Gasteiger partial charge in [-0.25, -0.2) is 17.7 Å². The molecule has 0 unspecified atom stereocenters. The largest absolute Gasteiger partial charge is 0.352 e. The first-order valence-corrected chi connectivity index (χ1v) is 9.46. The molecule has 2 aromatic rings. The first-order valence-electron chi connectivity index (χ1n) is 6.69. The van der Waals surface area contributed by atoms with Gasteiger partial charge < -0.3 is 5.32 Å². The van der Waals surface area contributed by atoms with Crippen molar-refractivity contribution < 1.29 is 13.2 Å². The first kappa shape index (κ1) is 17.9. The number of sulfonamides is 1. The Bertz CT molecular complexity index is 790. The molecule has 1 N–H and O–H groups in total. The first-order chi connectivity index (χ1) is 10.8. The van der Waals surface area contributed by atoms with E-state index in [1.807, 2.05) is 5.38 Å². The second-order valence-electron chi connectivity index (χ2n) is 4.91. The van der Waals surface area contributed by atoms with Crippen molar-refractivity contribution in [1.29, 1.82) is 0 Å². The Labute approximate surface area is 144 Å². The molecule has 124 valence electrons. The van der Waals surface area contributed by atoms with E-state index in [1.54, 1.807) is 5.51 Å². The van der Waals surface area contributed by atoms with Gasteiger partial charge >= 0.3 is 0 Å². The second-order valence-corrected chi connectivity index (χ2v) is 8.19. The zero-order valence-corrected chi connectivity index (χ0v) is 15.0. The van der Waals surface area contributed by atoms with Gasteiger partial charge in [0.05, 0.1) is 26.7 Å². The standard InChI is InChI=1S/C14H16ClN3O3S2/c1-18(2)23(20,21)11-3-4-13(15)12(7-11)14(19)16-6-5-10-8-22-9-17-10/h3-4,7-9H,5-6H2,1-2H3,(H,16,19). The minimum Gasteiger partial charge on any atom is -0.352 e. The molecule has 0 atom stereocenters. The molecule has 1 heterocycles. The van der Waals surface area contributed by atoms with Crippen molar-refractivity contribution in [2.75, 3.05) is 20.6 Å². The molecular formula is C14H16ClN3O3S2. The summed E-state index contributed by atoms with van der Waals surface area (Å²) >= 11 is 7.51. The summed E-state index contributed by atoms with van der Waals surface area (Å²) in [7, 11) is -0.763. The van der Waals surface area contributed by atoms with Crippen molar-refractivity contribution in [3.8, 4) is 0 Å². The molecule has 9 heteroatoms. The molecule has 1 aromatic heterocycles. The number of benzene rings is 1. The summed E-state index contributed by atoms with van der Waals surface area (Å²) in [6, 6.07) is 4.08. The van der Waals surface area contributed by atoms with Crippen LogP contribution < -0.4 is 5.32 Å². The molecule has 0 radical (unpaired) electrons. The summed E-state index contributed by atoms with van der Waals surface area (Å²) in [5, 5.41) is 4.83. The number of hydrogen-bond acceptors (Lipinski definition) is 5. The summed E-state index contributed by atoms with van der Waals surface area (Å²) in [5.74, 6) is -0.416. The predicted octanol–water partition coefficient (Wildman–Crippen LogP) is 2.02. The summed E-state index contributed by atoms with van der Waals surface area (Å²) < 4.78 is 25.3. The van der Waals surface area contributed by atoms with Gasteiger partial charge in [-0.05, 0) is 18.2 Å². The lowest BCUT2D eigenvalue weighted by atomic mass is 10.2. The quantitative estimate of drug-likeness (QED) is 0.840. The Hall–Kier alpha value is -1.48. The lowest BCUT2D eigenvalue weighted by Gasteiger charge is -2.13. The molecule has 0 bridgehead atoms. The lowest BCUT2D eigenvalue weighted by Crippen LogP contribution is -2.27. The Balaban J connectivity index is 2.13. The minimum absolute atomic E-state index is 0.0246. The SMILES string of the molecule is CN(C)S(=O)(=O)c1ccc(Cl)c(C(=O)NCCc2cscn2)c1. The van der Waals surface area contributed by atoms with Crippen LogP contribution in [0.2, 0.25) is 5.02 Å². The van der Waals surface area contributed by atoms with Crippen molar-refractivity contribution in [3.63, 3.8) is 0 Å². The van der Waals surface area contributed by atoms with Crippen LogP contribution >= 0.6 is 22.9 Å². The van der Waals surface area contributed by atoms with Gasteiger partial charge in [0, 0.05) is 32.4 Å². The van der Waals surface area contributed by atoms with E-state index in [2.05, 4.69) is 10.3 Å². The molecule has 0 spiro atoms. The second kappa shape index (κ2) is 7.39. The summed E-state index contributed by atoms with van der Waals surface area (Å²) in [5.41, 5.74) is 2.75. The summed E-state index contributed by atoms with van der Waals surface area (Å²) in [6.07, 6.45) is 0.600. The van der Waals surface area contributed by atoms with E-state index < -0.39 is 15.9 Å². The smallest absolute Gasteiger partial charge is 0.252 e. The number of thiazole rings is 1. The number of rotatable bonds is 6. The Morgan fingerprint density at radius 3 is 2.74 bits per heavy atom. The average Bonchev–Trinajstić information content (AvgIpc) is 3.00. The molecule has 0 aliphatic rings. The van der Waals surface area contributed by atoms with Gasteiger partial charge in [0.15, 0.2) is 0 Å².